The van der Waals surface area contributed by atoms with Gasteiger partial charge in [0.1, 0.15) is 10.0 Å². The van der Waals surface area contributed by atoms with Crippen molar-refractivity contribution < 1.29 is 9.47 Å². The van der Waals surface area contributed by atoms with Crippen LogP contribution in [0, 0.1) is 12.3 Å². The molecular weight excluding hydrogens is 300 g/mol. The number of methoxy groups -OCH3 is 2. The Kier molecular flexibility index (Phi) is 5.88. The summed E-state index contributed by atoms with van der Waals surface area (Å²) >= 11 is 1.50. The number of aromatic nitrogens is 2. The van der Waals surface area contributed by atoms with E-state index in [0.29, 0.717) is 12.1 Å². The molecule has 0 unspecified atom stereocenters. The van der Waals surface area contributed by atoms with Gasteiger partial charge in [0.05, 0.1) is 11.4 Å². The van der Waals surface area contributed by atoms with Gasteiger partial charge in [-0.1, -0.05) is 11.3 Å². The summed E-state index contributed by atoms with van der Waals surface area (Å²) in [5.74, 6) is 0. The number of rotatable bonds is 7. The fourth-order valence-corrected chi connectivity index (χ4v) is 2.75. The summed E-state index contributed by atoms with van der Waals surface area (Å²) in [5.41, 5.74) is 2.16. The lowest BCUT2D eigenvalue weighted by Gasteiger charge is -2.12. The second-order valence-electron chi connectivity index (χ2n) is 4.50. The van der Waals surface area contributed by atoms with Crippen LogP contribution in [0.15, 0.2) is 29.5 Å². The van der Waals surface area contributed by atoms with Crippen molar-refractivity contribution in [2.45, 2.75) is 19.6 Å². The minimum atomic E-state index is -0.625. The summed E-state index contributed by atoms with van der Waals surface area (Å²) in [6, 6.07) is 3.85. The monoisotopic (exact) mass is 318 g/mol. The number of hydrogen-bond acceptors (Lipinski definition) is 7. The number of aliphatic imine (C=N–C) groups is 1. The van der Waals surface area contributed by atoms with Crippen molar-refractivity contribution in [3.8, 4) is 10.6 Å². The van der Waals surface area contributed by atoms with Gasteiger partial charge in [0.2, 0.25) is 0 Å². The molecule has 0 saturated heterocycles. The van der Waals surface area contributed by atoms with Crippen molar-refractivity contribution in [3.05, 3.63) is 30.2 Å². The summed E-state index contributed by atoms with van der Waals surface area (Å²) in [7, 11) is 3.01. The largest absolute Gasteiger partial charge is 0.351 e. The van der Waals surface area contributed by atoms with Crippen LogP contribution < -0.4 is 0 Å². The summed E-state index contributed by atoms with van der Waals surface area (Å²) in [4.78, 5) is 13.0. The van der Waals surface area contributed by atoms with Gasteiger partial charge in [-0.3, -0.25) is 4.98 Å². The molecule has 0 aliphatic heterocycles. The first-order valence-electron chi connectivity index (χ1n) is 6.69. The Morgan fingerprint density at radius 3 is 2.86 bits per heavy atom. The highest BCUT2D eigenvalue weighted by Crippen LogP contribution is 2.33. The summed E-state index contributed by atoms with van der Waals surface area (Å²) < 4.78 is 10.0. The van der Waals surface area contributed by atoms with Crippen LogP contribution in [0.2, 0.25) is 0 Å². The van der Waals surface area contributed by atoms with Crippen LogP contribution in [0.25, 0.3) is 10.6 Å². The van der Waals surface area contributed by atoms with E-state index < -0.39 is 6.29 Å². The Hall–Kier alpha value is -1.96. The first-order valence-corrected chi connectivity index (χ1v) is 7.50. The zero-order valence-corrected chi connectivity index (χ0v) is 13.6. The summed E-state index contributed by atoms with van der Waals surface area (Å²) in [5, 5.41) is 9.56. The molecule has 1 N–H and O–H groups in total. The van der Waals surface area contributed by atoms with Crippen molar-refractivity contribution in [2.75, 3.05) is 14.2 Å². The van der Waals surface area contributed by atoms with E-state index in [0.717, 1.165) is 21.3 Å². The minimum Gasteiger partial charge on any atom is -0.351 e. The third-order valence-electron chi connectivity index (χ3n) is 2.91. The van der Waals surface area contributed by atoms with E-state index in [9.17, 15) is 0 Å². The van der Waals surface area contributed by atoms with Crippen LogP contribution in [-0.2, 0) is 9.47 Å². The molecule has 0 saturated carbocycles. The molecule has 0 radical (unpaired) electrons. The standard InChI is InChI=1S/C15H18N4O2S/c1-10-13(18-8-6-12(16)15(20-2)21-3)22-14(19-10)11-5-4-7-17-9-11/h4-5,7-9,15-16H,6H2,1-3H3. The van der Waals surface area contributed by atoms with E-state index in [-0.39, 0.29) is 0 Å². The van der Waals surface area contributed by atoms with Gasteiger partial charge in [-0.15, -0.1) is 0 Å². The van der Waals surface area contributed by atoms with Crippen molar-refractivity contribution >= 4 is 28.3 Å². The highest BCUT2D eigenvalue weighted by atomic mass is 32.1. The molecule has 2 rings (SSSR count). The topological polar surface area (TPSA) is 80.5 Å². The molecule has 6 nitrogen and oxygen atoms in total. The number of thiazole rings is 1. The molecule has 0 aliphatic carbocycles. The smallest absolute Gasteiger partial charge is 0.196 e. The quantitative estimate of drug-likeness (QED) is 0.627. The number of nitrogens with zero attached hydrogens (tertiary/aromatic N) is 3. The third kappa shape index (κ3) is 4.03. The van der Waals surface area contributed by atoms with E-state index >= 15 is 0 Å². The molecule has 0 bridgehead atoms. The number of nitrogens with one attached hydrogen (secondary N) is 1. The van der Waals surface area contributed by atoms with Crippen LogP contribution in [-0.4, -0.2) is 42.4 Å². The predicted octanol–water partition coefficient (Wildman–Crippen LogP) is 3.24. The lowest BCUT2D eigenvalue weighted by atomic mass is 10.3. The number of ether oxygens (including phenoxy) is 2. The second-order valence-corrected chi connectivity index (χ2v) is 5.47. The molecule has 116 valence electrons. The van der Waals surface area contributed by atoms with Gasteiger partial charge in [0.25, 0.3) is 0 Å². The Labute approximate surface area is 133 Å². The SMILES string of the molecule is COC(OC)C(=N)CC=Nc1sc(-c2cccnc2)nc1C. The average Bonchev–Trinajstić information content (AvgIpc) is 2.91. The maximum Gasteiger partial charge on any atom is 0.196 e. The van der Waals surface area contributed by atoms with E-state index in [1.54, 1.807) is 18.6 Å². The Morgan fingerprint density at radius 2 is 2.23 bits per heavy atom. The van der Waals surface area contributed by atoms with Crippen molar-refractivity contribution in [3.63, 3.8) is 0 Å². The van der Waals surface area contributed by atoms with Gasteiger partial charge in [-0.25, -0.2) is 9.98 Å². The highest BCUT2D eigenvalue weighted by molar-refractivity contribution is 7.18. The lowest BCUT2D eigenvalue weighted by Crippen LogP contribution is -2.24. The van der Waals surface area contributed by atoms with Gasteiger partial charge in [-0.05, 0) is 19.1 Å². The molecule has 0 atom stereocenters. The molecule has 2 aromatic heterocycles. The van der Waals surface area contributed by atoms with Crippen molar-refractivity contribution in [1.29, 1.82) is 5.41 Å². The molecule has 0 aromatic carbocycles. The predicted molar refractivity (Wildman–Crippen MR) is 88.4 cm³/mol. The molecular formula is C15H18N4O2S. The minimum absolute atomic E-state index is 0.323. The van der Waals surface area contributed by atoms with E-state index in [1.165, 1.54) is 25.6 Å². The number of aryl methyl sites for hydroxylation is 1. The second kappa shape index (κ2) is 7.88. The van der Waals surface area contributed by atoms with Crippen LogP contribution >= 0.6 is 11.3 Å². The van der Waals surface area contributed by atoms with E-state index in [1.807, 2.05) is 19.1 Å². The van der Waals surface area contributed by atoms with Gasteiger partial charge in [0, 0.05) is 44.8 Å². The first kappa shape index (κ1) is 16.4. The van der Waals surface area contributed by atoms with Gasteiger partial charge in [-0.2, -0.15) is 0 Å². The molecule has 7 heteroatoms. The molecule has 0 aliphatic rings. The van der Waals surface area contributed by atoms with E-state index in [2.05, 4.69) is 15.0 Å². The fourth-order valence-electron chi connectivity index (χ4n) is 1.82. The van der Waals surface area contributed by atoms with Crippen LogP contribution in [0.1, 0.15) is 12.1 Å². The van der Waals surface area contributed by atoms with Gasteiger partial charge in [0.15, 0.2) is 6.29 Å². The zero-order valence-electron chi connectivity index (χ0n) is 12.7. The van der Waals surface area contributed by atoms with Crippen molar-refractivity contribution in [2.24, 2.45) is 4.99 Å². The van der Waals surface area contributed by atoms with Crippen molar-refractivity contribution in [1.82, 2.24) is 9.97 Å². The fraction of sp³-hybridized carbons (Fsp3) is 0.333. The molecule has 2 heterocycles. The third-order valence-corrected chi connectivity index (χ3v) is 4.03. The number of pyridine rings is 1. The van der Waals surface area contributed by atoms with Crippen LogP contribution in [0.3, 0.4) is 0 Å². The molecule has 0 fully saturated rings. The maximum atomic E-state index is 7.84. The Balaban J connectivity index is 2.06. The summed E-state index contributed by atoms with van der Waals surface area (Å²) in [6.45, 7) is 1.92. The van der Waals surface area contributed by atoms with Gasteiger partial charge >= 0.3 is 0 Å². The number of hydrogen-bond donors (Lipinski definition) is 1. The van der Waals surface area contributed by atoms with Crippen LogP contribution in [0.4, 0.5) is 5.00 Å². The first-order chi connectivity index (χ1) is 10.7. The lowest BCUT2D eigenvalue weighted by molar-refractivity contribution is -0.0531. The maximum absolute atomic E-state index is 7.84. The zero-order chi connectivity index (χ0) is 15.9. The molecule has 2 aromatic rings. The van der Waals surface area contributed by atoms with Gasteiger partial charge < -0.3 is 14.9 Å². The Morgan fingerprint density at radius 1 is 1.45 bits per heavy atom. The summed E-state index contributed by atoms with van der Waals surface area (Å²) in [6.07, 6.45) is 4.94. The average molecular weight is 318 g/mol. The molecule has 0 spiro atoms. The van der Waals surface area contributed by atoms with Crippen LogP contribution in [0.5, 0.6) is 0 Å². The Bertz CT molecular complexity index is 651. The molecule has 22 heavy (non-hydrogen) atoms. The normalized spacial score (nSPS) is 11.5. The molecule has 0 amide bonds. The van der Waals surface area contributed by atoms with E-state index in [4.69, 9.17) is 14.9 Å². The highest BCUT2D eigenvalue weighted by Gasteiger charge is 2.11.